The molecule has 140 valence electrons. The Balaban J connectivity index is 1.41. The molecule has 8 nitrogen and oxygen atoms in total. The number of imidazole rings is 1. The SMILES string of the molecule is C[C@@H](NC(=O)Nc1cccc(-c2cnc[nH]2)c1)c1nncn1C1CCCC1. The Hall–Kier alpha value is -3.16. The Kier molecular flexibility index (Phi) is 4.86. The summed E-state index contributed by atoms with van der Waals surface area (Å²) in [6.45, 7) is 1.93. The third-order valence-corrected chi connectivity index (χ3v) is 4.98. The first-order valence-electron chi connectivity index (χ1n) is 9.26. The standard InChI is InChI=1S/C19H23N7O/c1-13(18-25-22-12-26(18)16-7-2-3-8-16)23-19(27)24-15-6-4-5-14(9-15)17-10-20-11-21-17/h4-6,9-13,16H,2-3,7-8H2,1H3,(H,20,21)(H2,23,24,27)/t13-/m1/s1. The Labute approximate surface area is 157 Å². The van der Waals surface area contributed by atoms with Crippen molar-refractivity contribution >= 4 is 11.7 Å². The molecule has 27 heavy (non-hydrogen) atoms. The van der Waals surface area contributed by atoms with Crippen LogP contribution in [0.1, 0.15) is 50.5 Å². The lowest BCUT2D eigenvalue weighted by atomic mass is 10.1. The van der Waals surface area contributed by atoms with E-state index in [0.29, 0.717) is 11.7 Å². The third-order valence-electron chi connectivity index (χ3n) is 4.98. The maximum Gasteiger partial charge on any atom is 0.319 e. The molecule has 1 fully saturated rings. The van der Waals surface area contributed by atoms with Crippen LogP contribution in [-0.2, 0) is 0 Å². The highest BCUT2D eigenvalue weighted by Crippen LogP contribution is 2.31. The summed E-state index contributed by atoms with van der Waals surface area (Å²) >= 11 is 0. The number of aromatic nitrogens is 5. The van der Waals surface area contributed by atoms with E-state index < -0.39 is 0 Å². The molecule has 8 heteroatoms. The number of hydrogen-bond donors (Lipinski definition) is 3. The van der Waals surface area contributed by atoms with Crippen LogP contribution < -0.4 is 10.6 Å². The largest absolute Gasteiger partial charge is 0.345 e. The van der Waals surface area contributed by atoms with Crippen molar-refractivity contribution < 1.29 is 4.79 Å². The molecular formula is C19H23N7O. The molecule has 1 saturated carbocycles. The number of carbonyl (C=O) groups is 1. The quantitative estimate of drug-likeness (QED) is 0.642. The summed E-state index contributed by atoms with van der Waals surface area (Å²) in [6.07, 6.45) is 9.90. The van der Waals surface area contributed by atoms with Gasteiger partial charge in [0.25, 0.3) is 0 Å². The first-order chi connectivity index (χ1) is 13.2. The number of hydrogen-bond acceptors (Lipinski definition) is 4. The third kappa shape index (κ3) is 3.84. The van der Waals surface area contributed by atoms with Crippen molar-refractivity contribution in [1.29, 1.82) is 0 Å². The molecule has 0 spiro atoms. The highest BCUT2D eigenvalue weighted by molar-refractivity contribution is 5.90. The Morgan fingerprint density at radius 1 is 1.33 bits per heavy atom. The molecule has 3 aromatic rings. The van der Waals surface area contributed by atoms with Gasteiger partial charge in [0.15, 0.2) is 5.82 Å². The predicted octanol–water partition coefficient (Wildman–Crippen LogP) is 3.67. The molecule has 0 aliphatic heterocycles. The van der Waals surface area contributed by atoms with Gasteiger partial charge in [0.1, 0.15) is 6.33 Å². The van der Waals surface area contributed by atoms with Crippen molar-refractivity contribution in [3.05, 3.63) is 48.9 Å². The molecule has 0 radical (unpaired) electrons. The van der Waals surface area contributed by atoms with Crippen LogP contribution in [0.25, 0.3) is 11.3 Å². The number of benzene rings is 1. The van der Waals surface area contributed by atoms with E-state index in [4.69, 9.17) is 0 Å². The summed E-state index contributed by atoms with van der Waals surface area (Å²) in [6, 6.07) is 7.54. The molecule has 2 aromatic heterocycles. The lowest BCUT2D eigenvalue weighted by Crippen LogP contribution is -2.33. The molecule has 3 N–H and O–H groups in total. The van der Waals surface area contributed by atoms with Crippen molar-refractivity contribution in [2.24, 2.45) is 0 Å². The zero-order chi connectivity index (χ0) is 18.6. The van der Waals surface area contributed by atoms with E-state index >= 15 is 0 Å². The van der Waals surface area contributed by atoms with Crippen molar-refractivity contribution in [1.82, 2.24) is 30.0 Å². The van der Waals surface area contributed by atoms with Crippen molar-refractivity contribution in [2.75, 3.05) is 5.32 Å². The molecule has 2 amide bonds. The summed E-state index contributed by atoms with van der Waals surface area (Å²) in [5, 5.41) is 14.1. The lowest BCUT2D eigenvalue weighted by molar-refractivity contribution is 0.248. The van der Waals surface area contributed by atoms with Crippen LogP contribution in [0.2, 0.25) is 0 Å². The fourth-order valence-corrected chi connectivity index (χ4v) is 3.63. The molecule has 1 atom stereocenters. The van der Waals surface area contributed by atoms with Gasteiger partial charge in [-0.05, 0) is 31.9 Å². The number of rotatable bonds is 5. The summed E-state index contributed by atoms with van der Waals surface area (Å²) in [4.78, 5) is 19.5. The van der Waals surface area contributed by atoms with Gasteiger partial charge in [0, 0.05) is 17.3 Å². The van der Waals surface area contributed by atoms with Gasteiger partial charge in [-0.25, -0.2) is 9.78 Å². The molecule has 1 aromatic carbocycles. The Bertz CT molecular complexity index is 896. The number of carbonyl (C=O) groups excluding carboxylic acids is 1. The van der Waals surface area contributed by atoms with Crippen LogP contribution in [0.3, 0.4) is 0 Å². The van der Waals surface area contributed by atoms with Gasteiger partial charge < -0.3 is 20.2 Å². The van der Waals surface area contributed by atoms with Gasteiger partial charge in [0.05, 0.1) is 24.3 Å². The van der Waals surface area contributed by atoms with Gasteiger partial charge in [-0.3, -0.25) is 0 Å². The van der Waals surface area contributed by atoms with Gasteiger partial charge in [0.2, 0.25) is 0 Å². The monoisotopic (exact) mass is 365 g/mol. The maximum absolute atomic E-state index is 12.4. The minimum Gasteiger partial charge on any atom is -0.345 e. The van der Waals surface area contributed by atoms with Crippen LogP contribution in [0.15, 0.2) is 43.1 Å². The molecule has 0 saturated heterocycles. The fourth-order valence-electron chi connectivity index (χ4n) is 3.63. The molecule has 4 rings (SSSR count). The maximum atomic E-state index is 12.4. The van der Waals surface area contributed by atoms with Crippen LogP contribution in [0.4, 0.5) is 10.5 Å². The molecule has 0 bridgehead atoms. The number of amides is 2. The van der Waals surface area contributed by atoms with Gasteiger partial charge >= 0.3 is 6.03 Å². The molecule has 1 aliphatic rings. The van der Waals surface area contributed by atoms with E-state index in [2.05, 4.69) is 35.4 Å². The minimum atomic E-state index is -0.273. The number of H-pyrrole nitrogens is 1. The van der Waals surface area contributed by atoms with E-state index in [1.54, 1.807) is 18.9 Å². The summed E-state index contributed by atoms with van der Waals surface area (Å²) in [5.41, 5.74) is 2.57. The first kappa shape index (κ1) is 17.3. The second-order valence-electron chi connectivity index (χ2n) is 6.90. The average molecular weight is 365 g/mol. The van der Waals surface area contributed by atoms with Crippen LogP contribution in [-0.4, -0.2) is 30.8 Å². The molecule has 1 aliphatic carbocycles. The molecular weight excluding hydrogens is 342 g/mol. The average Bonchev–Trinajstić information content (AvgIpc) is 3.43. The highest BCUT2D eigenvalue weighted by atomic mass is 16.2. The van der Waals surface area contributed by atoms with Crippen molar-refractivity contribution in [3.63, 3.8) is 0 Å². The first-order valence-corrected chi connectivity index (χ1v) is 9.26. The van der Waals surface area contributed by atoms with Gasteiger partial charge in [-0.1, -0.05) is 25.0 Å². The second-order valence-corrected chi connectivity index (χ2v) is 6.90. The van der Waals surface area contributed by atoms with E-state index in [9.17, 15) is 4.79 Å². The second kappa shape index (κ2) is 7.61. The van der Waals surface area contributed by atoms with E-state index in [1.165, 1.54) is 12.8 Å². The predicted molar refractivity (Wildman–Crippen MR) is 102 cm³/mol. The number of urea groups is 1. The van der Waals surface area contributed by atoms with E-state index in [0.717, 1.165) is 29.9 Å². The summed E-state index contributed by atoms with van der Waals surface area (Å²) in [7, 11) is 0. The van der Waals surface area contributed by atoms with E-state index in [-0.39, 0.29) is 12.1 Å². The summed E-state index contributed by atoms with van der Waals surface area (Å²) in [5.74, 6) is 0.795. The number of aromatic amines is 1. The smallest absolute Gasteiger partial charge is 0.319 e. The normalized spacial score (nSPS) is 15.6. The van der Waals surface area contributed by atoms with Crippen LogP contribution >= 0.6 is 0 Å². The van der Waals surface area contributed by atoms with Crippen molar-refractivity contribution in [2.45, 2.75) is 44.7 Å². The fraction of sp³-hybridized carbons (Fsp3) is 0.368. The minimum absolute atomic E-state index is 0.233. The molecule has 2 heterocycles. The van der Waals surface area contributed by atoms with E-state index in [1.807, 2.05) is 31.2 Å². The number of nitrogens with zero attached hydrogens (tertiary/aromatic N) is 4. The van der Waals surface area contributed by atoms with Crippen molar-refractivity contribution in [3.8, 4) is 11.3 Å². The van der Waals surface area contributed by atoms with Gasteiger partial charge in [-0.15, -0.1) is 10.2 Å². The zero-order valence-electron chi connectivity index (χ0n) is 15.2. The zero-order valence-corrected chi connectivity index (χ0v) is 15.2. The summed E-state index contributed by atoms with van der Waals surface area (Å²) < 4.78 is 2.11. The highest BCUT2D eigenvalue weighted by Gasteiger charge is 2.23. The molecule has 0 unspecified atom stereocenters. The number of anilines is 1. The van der Waals surface area contributed by atoms with Crippen LogP contribution in [0.5, 0.6) is 0 Å². The lowest BCUT2D eigenvalue weighted by Gasteiger charge is -2.19. The Morgan fingerprint density at radius 3 is 2.96 bits per heavy atom. The number of nitrogens with one attached hydrogen (secondary N) is 3. The Morgan fingerprint density at radius 2 is 2.19 bits per heavy atom. The topological polar surface area (TPSA) is 101 Å². The van der Waals surface area contributed by atoms with Gasteiger partial charge in [-0.2, -0.15) is 0 Å². The van der Waals surface area contributed by atoms with Crippen LogP contribution in [0, 0.1) is 0 Å².